The summed E-state index contributed by atoms with van der Waals surface area (Å²) in [5.41, 5.74) is -0.824. The number of nitrogens with zero attached hydrogens (tertiary/aromatic N) is 2. The van der Waals surface area contributed by atoms with Crippen LogP contribution in [-0.4, -0.2) is 40.3 Å². The number of carbonyl (C=O) groups excluding carboxylic acids is 3. The van der Waals surface area contributed by atoms with Crippen LogP contribution in [0.2, 0.25) is 0 Å². The SMILES string of the molecule is CC1(C)C2CCC1(C)C(OC(=O)CN1C(=O)c3cccc([N+](=O)[O-])c3C1=O)C2. The van der Waals surface area contributed by atoms with Crippen LogP contribution in [-0.2, 0) is 9.53 Å². The highest BCUT2D eigenvalue weighted by Crippen LogP contribution is 2.66. The van der Waals surface area contributed by atoms with Crippen LogP contribution in [0.4, 0.5) is 5.69 Å². The zero-order valence-corrected chi connectivity index (χ0v) is 16.1. The Morgan fingerprint density at radius 1 is 1.29 bits per heavy atom. The van der Waals surface area contributed by atoms with Crippen LogP contribution in [0.25, 0.3) is 0 Å². The van der Waals surface area contributed by atoms with Gasteiger partial charge in [-0.05, 0) is 36.7 Å². The molecule has 28 heavy (non-hydrogen) atoms. The summed E-state index contributed by atoms with van der Waals surface area (Å²) in [6, 6.07) is 3.87. The summed E-state index contributed by atoms with van der Waals surface area (Å²) in [7, 11) is 0. The van der Waals surface area contributed by atoms with Crippen LogP contribution >= 0.6 is 0 Å². The number of carbonyl (C=O) groups is 3. The number of imide groups is 1. The second-order valence-electron chi connectivity index (χ2n) is 8.74. The van der Waals surface area contributed by atoms with Crippen LogP contribution in [0.3, 0.4) is 0 Å². The van der Waals surface area contributed by atoms with Crippen molar-refractivity contribution in [3.8, 4) is 0 Å². The lowest BCUT2D eigenvalue weighted by Gasteiger charge is -2.38. The molecular formula is C20H22N2O6. The van der Waals surface area contributed by atoms with Gasteiger partial charge in [-0.2, -0.15) is 0 Å². The molecule has 2 bridgehead atoms. The second-order valence-corrected chi connectivity index (χ2v) is 8.74. The summed E-state index contributed by atoms with van der Waals surface area (Å²) < 4.78 is 5.70. The maximum absolute atomic E-state index is 12.6. The number of rotatable bonds is 4. The smallest absolute Gasteiger partial charge is 0.326 e. The molecule has 1 heterocycles. The Morgan fingerprint density at radius 3 is 2.57 bits per heavy atom. The number of nitro benzene ring substituents is 1. The lowest BCUT2D eigenvalue weighted by atomic mass is 9.70. The molecule has 3 atom stereocenters. The molecule has 1 aliphatic heterocycles. The van der Waals surface area contributed by atoms with Gasteiger partial charge < -0.3 is 4.74 Å². The molecule has 8 nitrogen and oxygen atoms in total. The van der Waals surface area contributed by atoms with Gasteiger partial charge in [-0.3, -0.25) is 29.4 Å². The fourth-order valence-electron chi connectivity index (χ4n) is 5.24. The van der Waals surface area contributed by atoms with Crippen molar-refractivity contribution in [2.24, 2.45) is 16.7 Å². The Kier molecular flexibility index (Phi) is 3.89. The Morgan fingerprint density at radius 2 is 2.00 bits per heavy atom. The Labute approximate surface area is 162 Å². The first-order chi connectivity index (χ1) is 13.1. The maximum Gasteiger partial charge on any atom is 0.326 e. The van der Waals surface area contributed by atoms with E-state index in [1.54, 1.807) is 0 Å². The van der Waals surface area contributed by atoms with Crippen molar-refractivity contribution in [2.45, 2.75) is 46.1 Å². The largest absolute Gasteiger partial charge is 0.460 e. The summed E-state index contributed by atoms with van der Waals surface area (Å²) in [6.45, 7) is 5.98. The predicted octanol–water partition coefficient (Wildman–Crippen LogP) is 2.95. The highest BCUT2D eigenvalue weighted by atomic mass is 16.6. The molecule has 8 heteroatoms. The average Bonchev–Trinajstić information content (AvgIpc) is 3.08. The number of hydrogen-bond donors (Lipinski definition) is 0. The van der Waals surface area contributed by atoms with Gasteiger partial charge >= 0.3 is 5.97 Å². The molecule has 2 aliphatic carbocycles. The summed E-state index contributed by atoms with van der Waals surface area (Å²) in [4.78, 5) is 48.9. The molecule has 0 aromatic heterocycles. The molecule has 1 aromatic rings. The van der Waals surface area contributed by atoms with Gasteiger partial charge in [0.15, 0.2) is 0 Å². The van der Waals surface area contributed by atoms with E-state index < -0.39 is 34.9 Å². The van der Waals surface area contributed by atoms with E-state index in [1.807, 2.05) is 0 Å². The van der Waals surface area contributed by atoms with Crippen LogP contribution < -0.4 is 0 Å². The van der Waals surface area contributed by atoms with Gasteiger partial charge in [0.05, 0.1) is 10.5 Å². The number of nitro groups is 1. The molecule has 0 spiro atoms. The van der Waals surface area contributed by atoms with E-state index in [4.69, 9.17) is 4.74 Å². The van der Waals surface area contributed by atoms with E-state index in [1.165, 1.54) is 18.2 Å². The first-order valence-corrected chi connectivity index (χ1v) is 9.41. The Hall–Kier alpha value is -2.77. The number of hydrogen-bond acceptors (Lipinski definition) is 6. The molecule has 2 amide bonds. The highest BCUT2D eigenvalue weighted by Gasteiger charge is 2.63. The zero-order chi connectivity index (χ0) is 20.4. The van der Waals surface area contributed by atoms with Crippen LogP contribution in [0.15, 0.2) is 18.2 Å². The molecule has 4 rings (SSSR count). The van der Waals surface area contributed by atoms with E-state index in [9.17, 15) is 24.5 Å². The van der Waals surface area contributed by atoms with Crippen molar-refractivity contribution in [1.82, 2.24) is 4.90 Å². The molecular weight excluding hydrogens is 364 g/mol. The van der Waals surface area contributed by atoms with Gasteiger partial charge in [0.25, 0.3) is 17.5 Å². The fraction of sp³-hybridized carbons (Fsp3) is 0.550. The highest BCUT2D eigenvalue weighted by molar-refractivity contribution is 6.24. The van der Waals surface area contributed by atoms with E-state index in [0.29, 0.717) is 5.92 Å². The van der Waals surface area contributed by atoms with Crippen molar-refractivity contribution in [1.29, 1.82) is 0 Å². The monoisotopic (exact) mass is 386 g/mol. The van der Waals surface area contributed by atoms with Crippen molar-refractivity contribution < 1.29 is 24.0 Å². The van der Waals surface area contributed by atoms with Gasteiger partial charge in [-0.1, -0.05) is 26.8 Å². The summed E-state index contributed by atoms with van der Waals surface area (Å²) >= 11 is 0. The minimum Gasteiger partial charge on any atom is -0.460 e. The van der Waals surface area contributed by atoms with Gasteiger partial charge in [-0.25, -0.2) is 0 Å². The van der Waals surface area contributed by atoms with Gasteiger partial charge in [-0.15, -0.1) is 0 Å². The normalized spacial score (nSPS) is 29.9. The predicted molar refractivity (Wildman–Crippen MR) is 97.6 cm³/mol. The van der Waals surface area contributed by atoms with Crippen molar-refractivity contribution in [3.63, 3.8) is 0 Å². The number of ether oxygens (including phenoxy) is 1. The number of fused-ring (bicyclic) bond motifs is 3. The van der Waals surface area contributed by atoms with Gasteiger partial charge in [0.2, 0.25) is 0 Å². The quantitative estimate of drug-likeness (QED) is 0.341. The Bertz CT molecular complexity index is 923. The molecule has 0 saturated heterocycles. The number of benzene rings is 1. The molecule has 3 unspecified atom stereocenters. The minimum absolute atomic E-state index is 0.0555. The molecule has 148 valence electrons. The number of esters is 1. The first kappa shape index (κ1) is 18.6. The van der Waals surface area contributed by atoms with E-state index >= 15 is 0 Å². The van der Waals surface area contributed by atoms with Gasteiger partial charge in [0.1, 0.15) is 18.2 Å². The van der Waals surface area contributed by atoms with E-state index in [0.717, 1.165) is 24.2 Å². The Balaban J connectivity index is 1.51. The molecule has 2 fully saturated rings. The lowest BCUT2D eigenvalue weighted by molar-refractivity contribution is -0.385. The topological polar surface area (TPSA) is 107 Å². The molecule has 0 N–H and O–H groups in total. The van der Waals surface area contributed by atoms with Crippen molar-refractivity contribution >= 4 is 23.5 Å². The summed E-state index contributed by atoms with van der Waals surface area (Å²) in [5.74, 6) is -1.71. The van der Waals surface area contributed by atoms with Crippen LogP contribution in [0, 0.1) is 26.9 Å². The summed E-state index contributed by atoms with van der Waals surface area (Å²) in [5, 5.41) is 11.2. The van der Waals surface area contributed by atoms with E-state index in [2.05, 4.69) is 20.8 Å². The van der Waals surface area contributed by atoms with Crippen molar-refractivity contribution in [3.05, 3.63) is 39.4 Å². The standard InChI is InChI=1S/C20H22N2O6/c1-19(2)11-7-8-20(19,3)14(9-11)28-15(23)10-21-17(24)12-5-4-6-13(22(26)27)16(12)18(21)25/h4-6,11,14H,7-10H2,1-3H3. The lowest BCUT2D eigenvalue weighted by Crippen LogP contribution is -2.41. The number of amides is 2. The second kappa shape index (κ2) is 5.86. The summed E-state index contributed by atoms with van der Waals surface area (Å²) in [6.07, 6.45) is 2.61. The molecule has 0 radical (unpaired) electrons. The molecule has 2 saturated carbocycles. The minimum atomic E-state index is -0.830. The molecule has 1 aromatic carbocycles. The third-order valence-corrected chi connectivity index (χ3v) is 7.45. The van der Waals surface area contributed by atoms with Crippen LogP contribution in [0.5, 0.6) is 0 Å². The fourth-order valence-corrected chi connectivity index (χ4v) is 5.24. The maximum atomic E-state index is 12.6. The van der Waals surface area contributed by atoms with Gasteiger partial charge in [0, 0.05) is 11.5 Å². The average molecular weight is 386 g/mol. The third kappa shape index (κ3) is 2.33. The van der Waals surface area contributed by atoms with E-state index in [-0.39, 0.29) is 28.1 Å². The van der Waals surface area contributed by atoms with Crippen molar-refractivity contribution in [2.75, 3.05) is 6.54 Å². The first-order valence-electron chi connectivity index (χ1n) is 9.41. The van der Waals surface area contributed by atoms with Crippen LogP contribution in [0.1, 0.15) is 60.7 Å². The molecule has 3 aliphatic rings. The third-order valence-electron chi connectivity index (χ3n) is 7.45. The zero-order valence-electron chi connectivity index (χ0n) is 16.1.